The maximum atomic E-state index is 11.9. The number of aryl methyl sites for hydroxylation is 2. The first-order valence-corrected chi connectivity index (χ1v) is 5.54. The van der Waals surface area contributed by atoms with E-state index in [1.807, 2.05) is 45.9 Å². The van der Waals surface area contributed by atoms with Crippen molar-refractivity contribution in [1.29, 1.82) is 0 Å². The highest BCUT2D eigenvalue weighted by Gasteiger charge is 2.19. The van der Waals surface area contributed by atoms with Gasteiger partial charge in [-0.05, 0) is 25.5 Å². The Bertz CT molecular complexity index is 547. The van der Waals surface area contributed by atoms with Crippen LogP contribution in [0.2, 0.25) is 0 Å². The van der Waals surface area contributed by atoms with Gasteiger partial charge in [0.1, 0.15) is 5.58 Å². The second-order valence-corrected chi connectivity index (χ2v) is 4.57. The lowest BCUT2D eigenvalue weighted by molar-refractivity contribution is 0.0912. The third-order valence-electron chi connectivity index (χ3n) is 2.84. The predicted molar refractivity (Wildman–Crippen MR) is 64.9 cm³/mol. The Morgan fingerprint density at radius 2 is 1.94 bits per heavy atom. The number of carbonyl (C=O) groups excluding carboxylic acids is 1. The molecule has 2 aromatic rings. The molecule has 1 aromatic carbocycles. The third kappa shape index (κ3) is 1.64. The smallest absolute Gasteiger partial charge is 0.200 e. The highest BCUT2D eigenvalue weighted by atomic mass is 16.3. The summed E-state index contributed by atoms with van der Waals surface area (Å²) in [6.45, 7) is 7.73. The molecule has 0 N–H and O–H groups in total. The van der Waals surface area contributed by atoms with E-state index >= 15 is 0 Å². The Labute approximate surface area is 95.3 Å². The van der Waals surface area contributed by atoms with Crippen molar-refractivity contribution in [3.63, 3.8) is 0 Å². The van der Waals surface area contributed by atoms with E-state index in [-0.39, 0.29) is 11.7 Å². The Morgan fingerprint density at radius 3 is 2.56 bits per heavy atom. The number of rotatable bonds is 2. The lowest BCUT2D eigenvalue weighted by Gasteiger charge is -2.00. The quantitative estimate of drug-likeness (QED) is 0.713. The summed E-state index contributed by atoms with van der Waals surface area (Å²) in [6.07, 6.45) is 0. The predicted octanol–water partition coefficient (Wildman–Crippen LogP) is 3.89. The lowest BCUT2D eigenvalue weighted by Crippen LogP contribution is -2.07. The van der Waals surface area contributed by atoms with E-state index in [2.05, 4.69) is 0 Å². The molecule has 2 rings (SSSR count). The van der Waals surface area contributed by atoms with E-state index in [0.717, 1.165) is 22.1 Å². The van der Waals surface area contributed by atoms with Gasteiger partial charge in [-0.1, -0.05) is 26.0 Å². The van der Waals surface area contributed by atoms with Gasteiger partial charge >= 0.3 is 0 Å². The minimum atomic E-state index is -0.0274. The SMILES string of the molecule is Cc1ccc2c(C)c(C(=O)C(C)C)oc2c1. The molecule has 0 aliphatic carbocycles. The number of benzene rings is 1. The summed E-state index contributed by atoms with van der Waals surface area (Å²) in [6, 6.07) is 6.02. The van der Waals surface area contributed by atoms with Gasteiger partial charge in [0.05, 0.1) is 0 Å². The van der Waals surface area contributed by atoms with Crippen molar-refractivity contribution < 1.29 is 9.21 Å². The molecule has 0 saturated heterocycles. The van der Waals surface area contributed by atoms with Gasteiger partial charge in [-0.15, -0.1) is 0 Å². The number of Topliss-reactive ketones (excluding diaryl/α,β-unsaturated/α-hetero) is 1. The summed E-state index contributed by atoms with van der Waals surface area (Å²) in [5, 5.41) is 1.04. The maximum Gasteiger partial charge on any atom is 0.200 e. The zero-order valence-electron chi connectivity index (χ0n) is 10.1. The molecule has 0 aliphatic rings. The largest absolute Gasteiger partial charge is 0.453 e. The van der Waals surface area contributed by atoms with E-state index in [1.165, 1.54) is 0 Å². The zero-order chi connectivity index (χ0) is 11.9. The molecule has 84 valence electrons. The van der Waals surface area contributed by atoms with Crippen LogP contribution in [0.25, 0.3) is 11.0 Å². The van der Waals surface area contributed by atoms with Crippen LogP contribution in [-0.2, 0) is 0 Å². The van der Waals surface area contributed by atoms with Gasteiger partial charge < -0.3 is 4.42 Å². The first-order valence-electron chi connectivity index (χ1n) is 5.54. The summed E-state index contributed by atoms with van der Waals surface area (Å²) in [7, 11) is 0. The standard InChI is InChI=1S/C14H16O2/c1-8(2)13(15)14-10(4)11-6-5-9(3)7-12(11)16-14/h5-8H,1-4H3. The minimum Gasteiger partial charge on any atom is -0.453 e. The van der Waals surface area contributed by atoms with Crippen LogP contribution in [0.15, 0.2) is 22.6 Å². The van der Waals surface area contributed by atoms with Gasteiger partial charge in [-0.25, -0.2) is 0 Å². The molecule has 2 heteroatoms. The highest BCUT2D eigenvalue weighted by molar-refractivity contribution is 6.01. The zero-order valence-corrected chi connectivity index (χ0v) is 10.1. The molecule has 2 nitrogen and oxygen atoms in total. The van der Waals surface area contributed by atoms with E-state index in [1.54, 1.807) is 0 Å². The average molecular weight is 216 g/mol. The van der Waals surface area contributed by atoms with Crippen molar-refractivity contribution in [2.75, 3.05) is 0 Å². The van der Waals surface area contributed by atoms with E-state index in [4.69, 9.17) is 4.42 Å². The fourth-order valence-electron chi connectivity index (χ4n) is 1.83. The Kier molecular flexibility index (Phi) is 2.58. The highest BCUT2D eigenvalue weighted by Crippen LogP contribution is 2.27. The first-order chi connectivity index (χ1) is 7.50. The number of hydrogen-bond donors (Lipinski definition) is 0. The van der Waals surface area contributed by atoms with Crippen LogP contribution < -0.4 is 0 Å². The number of hydrogen-bond acceptors (Lipinski definition) is 2. The van der Waals surface area contributed by atoms with Crippen LogP contribution in [0.3, 0.4) is 0 Å². The number of ketones is 1. The number of fused-ring (bicyclic) bond motifs is 1. The second kappa shape index (κ2) is 3.78. The van der Waals surface area contributed by atoms with Crippen molar-refractivity contribution in [2.24, 2.45) is 5.92 Å². The third-order valence-corrected chi connectivity index (χ3v) is 2.84. The topological polar surface area (TPSA) is 30.2 Å². The Balaban J connectivity index is 2.64. The summed E-state index contributed by atoms with van der Waals surface area (Å²) >= 11 is 0. The van der Waals surface area contributed by atoms with Gasteiger partial charge in [0.25, 0.3) is 0 Å². The molecule has 0 atom stereocenters. The average Bonchev–Trinajstić information content (AvgIpc) is 2.54. The lowest BCUT2D eigenvalue weighted by atomic mass is 10.0. The van der Waals surface area contributed by atoms with E-state index in [0.29, 0.717) is 5.76 Å². The monoisotopic (exact) mass is 216 g/mol. The molecule has 0 amide bonds. The first kappa shape index (κ1) is 10.9. The van der Waals surface area contributed by atoms with Crippen LogP contribution in [0.4, 0.5) is 0 Å². The normalized spacial score (nSPS) is 11.3. The minimum absolute atomic E-state index is 0.0274. The summed E-state index contributed by atoms with van der Waals surface area (Å²) in [5.41, 5.74) is 2.90. The maximum absolute atomic E-state index is 11.9. The molecule has 0 spiro atoms. The Morgan fingerprint density at radius 1 is 1.25 bits per heavy atom. The van der Waals surface area contributed by atoms with Crippen molar-refractivity contribution in [2.45, 2.75) is 27.7 Å². The fraction of sp³-hybridized carbons (Fsp3) is 0.357. The van der Waals surface area contributed by atoms with E-state index < -0.39 is 0 Å². The second-order valence-electron chi connectivity index (χ2n) is 4.57. The number of carbonyl (C=O) groups is 1. The van der Waals surface area contributed by atoms with Crippen molar-refractivity contribution in [3.8, 4) is 0 Å². The molecular formula is C14H16O2. The van der Waals surface area contributed by atoms with Crippen LogP contribution in [-0.4, -0.2) is 5.78 Å². The molecule has 0 aliphatic heterocycles. The van der Waals surface area contributed by atoms with Gasteiger partial charge in [0.2, 0.25) is 5.78 Å². The van der Waals surface area contributed by atoms with Crippen LogP contribution in [0, 0.1) is 19.8 Å². The molecular weight excluding hydrogens is 200 g/mol. The van der Waals surface area contributed by atoms with Crippen molar-refractivity contribution in [3.05, 3.63) is 35.1 Å². The molecule has 1 aromatic heterocycles. The fourth-order valence-corrected chi connectivity index (χ4v) is 1.83. The molecule has 1 heterocycles. The van der Waals surface area contributed by atoms with Gasteiger partial charge in [-0.2, -0.15) is 0 Å². The van der Waals surface area contributed by atoms with Crippen LogP contribution in [0.5, 0.6) is 0 Å². The van der Waals surface area contributed by atoms with Crippen LogP contribution in [0.1, 0.15) is 35.5 Å². The molecule has 0 saturated carbocycles. The molecule has 0 unspecified atom stereocenters. The molecule has 0 radical (unpaired) electrons. The molecule has 0 fully saturated rings. The van der Waals surface area contributed by atoms with Gasteiger partial charge in [0.15, 0.2) is 5.76 Å². The van der Waals surface area contributed by atoms with E-state index in [9.17, 15) is 4.79 Å². The molecule has 0 bridgehead atoms. The summed E-state index contributed by atoms with van der Waals surface area (Å²) in [5.74, 6) is 0.558. The number of furan rings is 1. The summed E-state index contributed by atoms with van der Waals surface area (Å²) < 4.78 is 5.65. The van der Waals surface area contributed by atoms with Gasteiger partial charge in [0, 0.05) is 16.9 Å². The molecule has 16 heavy (non-hydrogen) atoms. The Hall–Kier alpha value is -1.57. The summed E-state index contributed by atoms with van der Waals surface area (Å²) in [4.78, 5) is 11.9. The van der Waals surface area contributed by atoms with Crippen LogP contribution >= 0.6 is 0 Å². The van der Waals surface area contributed by atoms with Crippen molar-refractivity contribution >= 4 is 16.8 Å². The van der Waals surface area contributed by atoms with Crippen molar-refractivity contribution in [1.82, 2.24) is 0 Å². The van der Waals surface area contributed by atoms with Gasteiger partial charge in [-0.3, -0.25) is 4.79 Å².